The van der Waals surface area contributed by atoms with E-state index in [1.54, 1.807) is 6.33 Å². The topological polar surface area (TPSA) is 65.0 Å². The van der Waals surface area contributed by atoms with Gasteiger partial charge < -0.3 is 15.0 Å². The van der Waals surface area contributed by atoms with Crippen LogP contribution in [0.3, 0.4) is 0 Å². The Labute approximate surface area is 137 Å². The molecule has 3 unspecified atom stereocenters. The summed E-state index contributed by atoms with van der Waals surface area (Å²) in [5.41, 5.74) is 0.883. The second kappa shape index (κ2) is 6.48. The highest BCUT2D eigenvalue weighted by Gasteiger charge is 2.38. The van der Waals surface area contributed by atoms with Crippen LogP contribution in [-0.4, -0.2) is 39.3 Å². The number of aliphatic hydroxyl groups excluding tert-OH is 1. The molecular formula is C18H26N4O. The number of rotatable bonds is 4. The first-order valence-electron chi connectivity index (χ1n) is 9.04. The molecule has 0 saturated heterocycles. The molecule has 2 heterocycles. The van der Waals surface area contributed by atoms with Gasteiger partial charge >= 0.3 is 0 Å². The van der Waals surface area contributed by atoms with Crippen LogP contribution in [0.15, 0.2) is 18.6 Å². The molecule has 124 valence electrons. The molecule has 2 saturated carbocycles. The number of anilines is 1. The molecule has 2 aromatic heterocycles. The second-order valence-electron chi connectivity index (χ2n) is 7.06. The fourth-order valence-corrected chi connectivity index (χ4v) is 4.92. The summed E-state index contributed by atoms with van der Waals surface area (Å²) in [6, 6.07) is 2.56. The average Bonchev–Trinajstić information content (AvgIpc) is 3.08. The molecule has 2 fully saturated rings. The van der Waals surface area contributed by atoms with E-state index < -0.39 is 0 Å². The zero-order chi connectivity index (χ0) is 15.6. The molecule has 2 N–H and O–H groups in total. The average molecular weight is 314 g/mol. The summed E-state index contributed by atoms with van der Waals surface area (Å²) < 4.78 is 0. The van der Waals surface area contributed by atoms with Crippen LogP contribution in [0.25, 0.3) is 11.0 Å². The lowest BCUT2D eigenvalue weighted by atomic mass is 9.68. The van der Waals surface area contributed by atoms with Crippen molar-refractivity contribution in [3.8, 4) is 0 Å². The first kappa shape index (κ1) is 14.9. The van der Waals surface area contributed by atoms with Gasteiger partial charge in [0, 0.05) is 18.8 Å². The molecule has 0 aliphatic heterocycles. The van der Waals surface area contributed by atoms with Gasteiger partial charge in [-0.3, -0.25) is 0 Å². The van der Waals surface area contributed by atoms with E-state index in [0.29, 0.717) is 12.6 Å². The van der Waals surface area contributed by atoms with Crippen LogP contribution >= 0.6 is 0 Å². The van der Waals surface area contributed by atoms with Crippen LogP contribution < -0.4 is 4.90 Å². The minimum atomic E-state index is 0.170. The second-order valence-corrected chi connectivity index (χ2v) is 7.06. The Morgan fingerprint density at radius 3 is 2.91 bits per heavy atom. The van der Waals surface area contributed by atoms with Gasteiger partial charge in [-0.2, -0.15) is 0 Å². The lowest BCUT2D eigenvalue weighted by molar-refractivity contribution is 0.137. The van der Waals surface area contributed by atoms with E-state index in [1.165, 1.54) is 44.9 Å². The summed E-state index contributed by atoms with van der Waals surface area (Å²) in [6.45, 7) is 0.828. The van der Waals surface area contributed by atoms with Crippen molar-refractivity contribution in [1.29, 1.82) is 0 Å². The molecule has 2 aliphatic carbocycles. The van der Waals surface area contributed by atoms with Crippen molar-refractivity contribution in [3.63, 3.8) is 0 Å². The van der Waals surface area contributed by atoms with E-state index in [1.807, 2.05) is 6.20 Å². The molecule has 5 nitrogen and oxygen atoms in total. The highest BCUT2D eigenvalue weighted by atomic mass is 16.3. The van der Waals surface area contributed by atoms with Crippen LogP contribution in [0.2, 0.25) is 0 Å². The summed E-state index contributed by atoms with van der Waals surface area (Å²) in [6.07, 6.45) is 12.9. The lowest BCUT2D eigenvalue weighted by Crippen LogP contribution is -2.48. The predicted molar refractivity (Wildman–Crippen MR) is 91.4 cm³/mol. The van der Waals surface area contributed by atoms with Crippen molar-refractivity contribution in [3.05, 3.63) is 18.6 Å². The van der Waals surface area contributed by atoms with E-state index in [0.717, 1.165) is 28.7 Å². The number of hydrogen-bond acceptors (Lipinski definition) is 4. The van der Waals surface area contributed by atoms with E-state index >= 15 is 0 Å². The minimum Gasteiger partial charge on any atom is -0.395 e. The third kappa shape index (κ3) is 2.71. The third-order valence-electron chi connectivity index (χ3n) is 5.88. The number of nitrogens with zero attached hydrogens (tertiary/aromatic N) is 3. The van der Waals surface area contributed by atoms with Gasteiger partial charge in [0.2, 0.25) is 0 Å². The smallest absolute Gasteiger partial charge is 0.142 e. The van der Waals surface area contributed by atoms with Crippen molar-refractivity contribution in [2.24, 2.45) is 11.8 Å². The summed E-state index contributed by atoms with van der Waals surface area (Å²) in [5.74, 6) is 2.61. The fraction of sp³-hybridized carbons (Fsp3) is 0.667. The summed E-state index contributed by atoms with van der Waals surface area (Å²) in [4.78, 5) is 14.5. The van der Waals surface area contributed by atoms with Crippen molar-refractivity contribution in [1.82, 2.24) is 15.0 Å². The van der Waals surface area contributed by atoms with Crippen molar-refractivity contribution in [2.45, 2.75) is 51.0 Å². The molecule has 23 heavy (non-hydrogen) atoms. The highest BCUT2D eigenvalue weighted by molar-refractivity contribution is 5.87. The number of nitrogens with one attached hydrogen (secondary N) is 1. The van der Waals surface area contributed by atoms with Gasteiger partial charge in [-0.15, -0.1) is 0 Å². The van der Waals surface area contributed by atoms with Crippen molar-refractivity contribution >= 4 is 16.9 Å². The SMILES string of the molecule is OCCN(c1ncnc2[nH]ccc12)C1CCCC2CCCCC21. The first-order valence-corrected chi connectivity index (χ1v) is 9.04. The predicted octanol–water partition coefficient (Wildman–Crippen LogP) is 3.12. The van der Waals surface area contributed by atoms with Crippen LogP contribution in [0.5, 0.6) is 0 Å². The first-order chi connectivity index (χ1) is 11.4. The summed E-state index contributed by atoms with van der Waals surface area (Å²) in [7, 11) is 0. The van der Waals surface area contributed by atoms with Gasteiger partial charge in [-0.25, -0.2) is 9.97 Å². The molecule has 2 aliphatic rings. The molecular weight excluding hydrogens is 288 g/mol. The largest absolute Gasteiger partial charge is 0.395 e. The Morgan fingerprint density at radius 1 is 1.13 bits per heavy atom. The maximum Gasteiger partial charge on any atom is 0.142 e. The summed E-state index contributed by atoms with van der Waals surface area (Å²) >= 11 is 0. The van der Waals surface area contributed by atoms with Gasteiger partial charge in [0.25, 0.3) is 0 Å². The Hall–Kier alpha value is -1.62. The van der Waals surface area contributed by atoms with Gasteiger partial charge in [-0.1, -0.05) is 32.1 Å². The van der Waals surface area contributed by atoms with Gasteiger partial charge in [-0.05, 0) is 30.7 Å². The molecule has 0 aromatic carbocycles. The van der Waals surface area contributed by atoms with Crippen LogP contribution in [0.4, 0.5) is 5.82 Å². The van der Waals surface area contributed by atoms with Crippen molar-refractivity contribution < 1.29 is 5.11 Å². The zero-order valence-corrected chi connectivity index (χ0v) is 13.6. The van der Waals surface area contributed by atoms with E-state index in [9.17, 15) is 5.11 Å². The quantitative estimate of drug-likeness (QED) is 0.910. The Bertz CT molecular complexity index is 653. The molecule has 3 atom stereocenters. The number of aliphatic hydroxyl groups is 1. The molecule has 0 bridgehead atoms. The van der Waals surface area contributed by atoms with Crippen LogP contribution in [0.1, 0.15) is 44.9 Å². The van der Waals surface area contributed by atoms with Gasteiger partial charge in [0.15, 0.2) is 0 Å². The Kier molecular flexibility index (Phi) is 4.21. The summed E-state index contributed by atoms with van der Waals surface area (Å²) in [5, 5.41) is 10.7. The molecule has 0 radical (unpaired) electrons. The molecule has 0 amide bonds. The monoisotopic (exact) mass is 314 g/mol. The fourth-order valence-electron chi connectivity index (χ4n) is 4.92. The van der Waals surface area contributed by atoms with Crippen molar-refractivity contribution in [2.75, 3.05) is 18.1 Å². The number of fused-ring (bicyclic) bond motifs is 2. The Balaban J connectivity index is 1.70. The molecule has 2 aromatic rings. The highest BCUT2D eigenvalue weighted by Crippen LogP contribution is 2.43. The standard InChI is InChI=1S/C18H26N4O/c23-11-10-22(18-15-8-9-19-17(15)20-12-21-18)16-7-3-5-13-4-1-2-6-14(13)16/h8-9,12-14,16,23H,1-7,10-11H2,(H,19,20,21). The van der Waals surface area contributed by atoms with Crippen LogP contribution in [0, 0.1) is 11.8 Å². The van der Waals surface area contributed by atoms with E-state index in [4.69, 9.17) is 0 Å². The maximum atomic E-state index is 9.65. The number of hydrogen-bond donors (Lipinski definition) is 2. The number of H-pyrrole nitrogens is 1. The van der Waals surface area contributed by atoms with Crippen LogP contribution in [-0.2, 0) is 0 Å². The molecule has 4 rings (SSSR count). The van der Waals surface area contributed by atoms with E-state index in [2.05, 4.69) is 25.9 Å². The number of aromatic amines is 1. The van der Waals surface area contributed by atoms with Gasteiger partial charge in [0.1, 0.15) is 17.8 Å². The van der Waals surface area contributed by atoms with Gasteiger partial charge in [0.05, 0.1) is 12.0 Å². The Morgan fingerprint density at radius 2 is 2.00 bits per heavy atom. The minimum absolute atomic E-state index is 0.170. The number of aromatic nitrogens is 3. The zero-order valence-electron chi connectivity index (χ0n) is 13.6. The maximum absolute atomic E-state index is 9.65. The third-order valence-corrected chi connectivity index (χ3v) is 5.88. The van der Waals surface area contributed by atoms with E-state index in [-0.39, 0.29) is 6.61 Å². The normalized spacial score (nSPS) is 27.8. The molecule has 0 spiro atoms. The molecule has 5 heteroatoms. The lowest BCUT2D eigenvalue weighted by Gasteiger charge is -2.46.